The summed E-state index contributed by atoms with van der Waals surface area (Å²) in [6.07, 6.45) is 5.22. The number of piperazine rings is 1. The second-order valence-corrected chi connectivity index (χ2v) is 6.43. The van der Waals surface area contributed by atoms with Gasteiger partial charge in [-0.15, -0.1) is 0 Å². The van der Waals surface area contributed by atoms with E-state index < -0.39 is 0 Å². The zero-order valence-electron chi connectivity index (χ0n) is 12.8. The molecule has 1 saturated heterocycles. The summed E-state index contributed by atoms with van der Waals surface area (Å²) in [5.41, 5.74) is 0. The van der Waals surface area contributed by atoms with E-state index >= 15 is 0 Å². The minimum Gasteiger partial charge on any atom is -0.393 e. The molecular weight excluding hydrogens is 268 g/mol. The molecule has 0 aromatic carbocycles. The first-order valence-corrected chi connectivity index (χ1v) is 8.12. The maximum Gasteiger partial charge on any atom is 0.242 e. The van der Waals surface area contributed by atoms with Crippen molar-refractivity contribution in [2.24, 2.45) is 10.9 Å². The molecule has 2 N–H and O–H groups in total. The third-order valence-electron chi connectivity index (χ3n) is 4.90. The van der Waals surface area contributed by atoms with Crippen LogP contribution in [0.2, 0.25) is 0 Å². The number of rotatable bonds is 3. The molecule has 118 valence electrons. The van der Waals surface area contributed by atoms with Gasteiger partial charge in [0.05, 0.1) is 12.6 Å². The molecular formula is C15H26N4O2. The molecule has 2 atom stereocenters. The van der Waals surface area contributed by atoms with Crippen LogP contribution in [0, 0.1) is 5.92 Å². The van der Waals surface area contributed by atoms with Gasteiger partial charge in [-0.05, 0) is 25.7 Å². The molecule has 0 aromatic rings. The van der Waals surface area contributed by atoms with Crippen LogP contribution in [0.3, 0.4) is 0 Å². The van der Waals surface area contributed by atoms with E-state index in [0.717, 1.165) is 57.7 Å². The van der Waals surface area contributed by atoms with Gasteiger partial charge in [0.1, 0.15) is 0 Å². The molecule has 1 heterocycles. The number of hydrogen-bond acceptors (Lipinski definition) is 3. The van der Waals surface area contributed by atoms with E-state index in [1.807, 2.05) is 9.80 Å². The minimum absolute atomic E-state index is 0.191. The number of amides is 1. The van der Waals surface area contributed by atoms with Gasteiger partial charge in [-0.1, -0.05) is 6.42 Å². The van der Waals surface area contributed by atoms with E-state index in [9.17, 15) is 9.90 Å². The van der Waals surface area contributed by atoms with Crippen LogP contribution in [-0.2, 0) is 4.79 Å². The molecule has 1 aliphatic heterocycles. The molecule has 2 aliphatic carbocycles. The predicted molar refractivity (Wildman–Crippen MR) is 81.0 cm³/mol. The number of carbonyl (C=O) groups excluding carboxylic acids is 1. The van der Waals surface area contributed by atoms with Crippen molar-refractivity contribution in [1.82, 2.24) is 15.1 Å². The third-order valence-corrected chi connectivity index (χ3v) is 4.90. The number of carbonyl (C=O) groups is 1. The Morgan fingerprint density at radius 2 is 2.14 bits per heavy atom. The highest BCUT2D eigenvalue weighted by Crippen LogP contribution is 2.28. The Morgan fingerprint density at radius 3 is 2.71 bits per heavy atom. The molecule has 0 radical (unpaired) electrons. The number of aliphatic hydroxyl groups is 1. The molecule has 0 spiro atoms. The van der Waals surface area contributed by atoms with Gasteiger partial charge < -0.3 is 20.2 Å². The highest BCUT2D eigenvalue weighted by atomic mass is 16.3. The molecule has 3 aliphatic rings. The van der Waals surface area contributed by atoms with E-state index in [4.69, 9.17) is 0 Å². The molecule has 6 heteroatoms. The molecule has 2 unspecified atom stereocenters. The van der Waals surface area contributed by atoms with Gasteiger partial charge in [-0.2, -0.15) is 0 Å². The van der Waals surface area contributed by atoms with Gasteiger partial charge in [-0.25, -0.2) is 0 Å². The first-order chi connectivity index (χ1) is 10.2. The van der Waals surface area contributed by atoms with E-state index in [0.29, 0.717) is 18.5 Å². The van der Waals surface area contributed by atoms with Crippen molar-refractivity contribution in [2.75, 3.05) is 33.2 Å². The fraction of sp³-hybridized carbons (Fsp3) is 0.867. The fourth-order valence-corrected chi connectivity index (χ4v) is 3.45. The van der Waals surface area contributed by atoms with Gasteiger partial charge in [0.2, 0.25) is 5.91 Å². The van der Waals surface area contributed by atoms with Crippen molar-refractivity contribution in [3.8, 4) is 0 Å². The molecule has 6 nitrogen and oxygen atoms in total. The number of aliphatic hydroxyl groups excluding tert-OH is 1. The molecule has 21 heavy (non-hydrogen) atoms. The van der Waals surface area contributed by atoms with E-state index in [1.54, 1.807) is 7.05 Å². The number of hydrogen-bond donors (Lipinski definition) is 2. The molecule has 3 fully saturated rings. The van der Waals surface area contributed by atoms with Crippen molar-refractivity contribution in [3.63, 3.8) is 0 Å². The average Bonchev–Trinajstić information content (AvgIpc) is 3.23. The SMILES string of the molecule is CN=C(NCC1CCCC1O)N1CCN(C2CC2)C(=O)C1. The minimum atomic E-state index is -0.191. The average molecular weight is 294 g/mol. The van der Waals surface area contributed by atoms with Gasteiger partial charge in [0, 0.05) is 38.6 Å². The van der Waals surface area contributed by atoms with Gasteiger partial charge in [0.15, 0.2) is 5.96 Å². The summed E-state index contributed by atoms with van der Waals surface area (Å²) in [7, 11) is 1.76. The summed E-state index contributed by atoms with van der Waals surface area (Å²) >= 11 is 0. The quantitative estimate of drug-likeness (QED) is 0.569. The van der Waals surface area contributed by atoms with Crippen LogP contribution < -0.4 is 5.32 Å². The fourth-order valence-electron chi connectivity index (χ4n) is 3.45. The maximum atomic E-state index is 12.2. The van der Waals surface area contributed by atoms with Crippen LogP contribution in [-0.4, -0.2) is 72.1 Å². The largest absolute Gasteiger partial charge is 0.393 e. The van der Waals surface area contributed by atoms with E-state index in [2.05, 4.69) is 10.3 Å². The van der Waals surface area contributed by atoms with E-state index in [-0.39, 0.29) is 12.0 Å². The number of aliphatic imine (C=N–C) groups is 1. The Labute approximate surface area is 126 Å². The van der Waals surface area contributed by atoms with Crippen molar-refractivity contribution in [1.29, 1.82) is 0 Å². The van der Waals surface area contributed by atoms with Crippen molar-refractivity contribution in [2.45, 2.75) is 44.2 Å². The number of guanidine groups is 1. The van der Waals surface area contributed by atoms with Crippen LogP contribution in [0.15, 0.2) is 4.99 Å². The van der Waals surface area contributed by atoms with Crippen molar-refractivity contribution in [3.05, 3.63) is 0 Å². The highest BCUT2D eigenvalue weighted by molar-refractivity contribution is 5.87. The third kappa shape index (κ3) is 3.31. The first kappa shape index (κ1) is 14.6. The van der Waals surface area contributed by atoms with Gasteiger partial charge in [0.25, 0.3) is 0 Å². The first-order valence-electron chi connectivity index (χ1n) is 8.12. The molecule has 0 aromatic heterocycles. The summed E-state index contributed by atoms with van der Waals surface area (Å²) in [4.78, 5) is 20.5. The van der Waals surface area contributed by atoms with Gasteiger partial charge >= 0.3 is 0 Å². The molecule has 3 rings (SSSR count). The zero-order valence-corrected chi connectivity index (χ0v) is 12.8. The second kappa shape index (κ2) is 6.22. The van der Waals surface area contributed by atoms with Crippen molar-refractivity contribution >= 4 is 11.9 Å². The topological polar surface area (TPSA) is 68.2 Å². The van der Waals surface area contributed by atoms with Crippen LogP contribution in [0.25, 0.3) is 0 Å². The highest BCUT2D eigenvalue weighted by Gasteiger charge is 2.36. The normalized spacial score (nSPS) is 31.0. The van der Waals surface area contributed by atoms with E-state index in [1.165, 1.54) is 0 Å². The Hall–Kier alpha value is -1.30. The predicted octanol–water partition coefficient (Wildman–Crippen LogP) is 0.0294. The summed E-state index contributed by atoms with van der Waals surface area (Å²) in [5, 5.41) is 13.2. The number of nitrogens with one attached hydrogen (secondary N) is 1. The number of nitrogens with zero attached hydrogens (tertiary/aromatic N) is 3. The second-order valence-electron chi connectivity index (χ2n) is 6.43. The van der Waals surface area contributed by atoms with Crippen LogP contribution in [0.4, 0.5) is 0 Å². The Kier molecular flexibility index (Phi) is 4.33. The summed E-state index contributed by atoms with van der Waals surface area (Å²) < 4.78 is 0. The van der Waals surface area contributed by atoms with Crippen LogP contribution >= 0.6 is 0 Å². The smallest absolute Gasteiger partial charge is 0.242 e. The lowest BCUT2D eigenvalue weighted by molar-refractivity contribution is -0.135. The Morgan fingerprint density at radius 1 is 1.33 bits per heavy atom. The lowest BCUT2D eigenvalue weighted by Crippen LogP contribution is -2.56. The Bertz CT molecular complexity index is 422. The Balaban J connectivity index is 1.50. The maximum absolute atomic E-state index is 12.2. The molecule has 0 bridgehead atoms. The van der Waals surface area contributed by atoms with Crippen molar-refractivity contribution < 1.29 is 9.90 Å². The lowest BCUT2D eigenvalue weighted by atomic mass is 10.1. The zero-order chi connectivity index (χ0) is 14.8. The molecule has 1 amide bonds. The van der Waals surface area contributed by atoms with Crippen LogP contribution in [0.5, 0.6) is 0 Å². The summed E-state index contributed by atoms with van der Waals surface area (Å²) in [6.45, 7) is 2.81. The molecule has 2 saturated carbocycles. The lowest BCUT2D eigenvalue weighted by Gasteiger charge is -2.36. The monoisotopic (exact) mass is 294 g/mol. The summed E-state index contributed by atoms with van der Waals surface area (Å²) in [6, 6.07) is 0.503. The standard InChI is InChI=1S/C15H26N4O2/c1-16-15(17-9-11-3-2-4-13(11)20)18-7-8-19(12-5-6-12)14(21)10-18/h11-13,20H,2-10H2,1H3,(H,16,17). The van der Waals surface area contributed by atoms with Crippen LogP contribution in [0.1, 0.15) is 32.1 Å². The van der Waals surface area contributed by atoms with Gasteiger partial charge in [-0.3, -0.25) is 9.79 Å². The summed E-state index contributed by atoms with van der Waals surface area (Å²) in [5.74, 6) is 1.32.